The van der Waals surface area contributed by atoms with E-state index in [0.29, 0.717) is 37.9 Å². The number of fused-ring (bicyclic) bond motifs is 1. The molecule has 1 aromatic rings. The second kappa shape index (κ2) is 10.2. The molecule has 6 nitrogen and oxygen atoms in total. The number of carbonyl (C=O) groups excluding carboxylic acids is 1. The second-order valence-corrected chi connectivity index (χ2v) is 15.9. The molecular weight excluding hydrogens is 432 g/mol. The zero-order chi connectivity index (χ0) is 23.4. The number of aromatic nitrogens is 1. The van der Waals surface area contributed by atoms with Crippen molar-refractivity contribution in [2.24, 2.45) is 0 Å². The Morgan fingerprint density at radius 1 is 1.19 bits per heavy atom. The highest BCUT2D eigenvalue weighted by atomic mass is 35.5. The molecule has 0 N–H and O–H groups in total. The van der Waals surface area contributed by atoms with Gasteiger partial charge in [0.15, 0.2) is 8.32 Å². The van der Waals surface area contributed by atoms with Crippen molar-refractivity contribution >= 4 is 26.0 Å². The fraction of sp³-hybridized carbons (Fsp3) is 0.739. The lowest BCUT2D eigenvalue weighted by Crippen LogP contribution is -2.48. The number of hydrogen-bond donors (Lipinski definition) is 0. The van der Waals surface area contributed by atoms with Crippen LogP contribution in [0.15, 0.2) is 12.1 Å². The van der Waals surface area contributed by atoms with Gasteiger partial charge in [0.2, 0.25) is 0 Å². The van der Waals surface area contributed by atoms with Crippen LogP contribution in [-0.4, -0.2) is 55.8 Å². The van der Waals surface area contributed by atoms with Crippen molar-refractivity contribution in [1.29, 1.82) is 0 Å². The van der Waals surface area contributed by atoms with Crippen LogP contribution in [0.2, 0.25) is 23.3 Å². The Hall–Kier alpha value is -1.15. The Kier molecular flexibility index (Phi) is 8.58. The zero-order valence-electron chi connectivity index (χ0n) is 20.4. The van der Waals surface area contributed by atoms with Gasteiger partial charge in [0.05, 0.1) is 19.2 Å². The van der Waals surface area contributed by atoms with Gasteiger partial charge in [-0.15, -0.1) is 0 Å². The minimum absolute atomic E-state index is 0.144. The number of hydrogen-bond acceptors (Lipinski definition) is 5. The zero-order valence-corrected chi connectivity index (χ0v) is 22.1. The van der Waals surface area contributed by atoms with Crippen molar-refractivity contribution < 1.29 is 18.7 Å². The summed E-state index contributed by atoms with van der Waals surface area (Å²) in [4.78, 5) is 19.0. The molecule has 0 saturated carbocycles. The van der Waals surface area contributed by atoms with E-state index in [1.807, 2.05) is 26.8 Å². The number of carbonyl (C=O) groups is 1. The van der Waals surface area contributed by atoms with Gasteiger partial charge in [-0.25, -0.2) is 9.78 Å². The minimum atomic E-state index is -1.74. The van der Waals surface area contributed by atoms with Gasteiger partial charge in [0, 0.05) is 25.3 Å². The molecule has 0 aromatic carbocycles. The van der Waals surface area contributed by atoms with E-state index in [2.05, 4.69) is 38.8 Å². The third-order valence-corrected chi connectivity index (χ3v) is 10.6. The van der Waals surface area contributed by atoms with E-state index in [9.17, 15) is 4.79 Å². The van der Waals surface area contributed by atoms with Crippen LogP contribution in [0.5, 0.6) is 0 Å². The number of nitrogens with zero attached hydrogens (tertiary/aromatic N) is 2. The topological polar surface area (TPSA) is 60.9 Å². The van der Waals surface area contributed by atoms with Gasteiger partial charge in [-0.05, 0) is 57.0 Å². The van der Waals surface area contributed by atoms with Crippen LogP contribution in [-0.2, 0) is 26.9 Å². The van der Waals surface area contributed by atoms with Crippen molar-refractivity contribution in [2.45, 2.75) is 90.7 Å². The van der Waals surface area contributed by atoms with Crippen LogP contribution >= 0.6 is 11.6 Å². The number of ether oxygens (including phenoxy) is 2. The number of amides is 1. The standard InChI is InChI=1S/C23H39ClN2O4Si/c1-22(2,3)30-21(27)26-15-17-10-11-20(24)25-19(17)14-18(26)16-28-12-9-13-29-31(7,8)23(4,5)6/h10-11,18H,9,12-16H2,1-8H3. The molecule has 1 aliphatic heterocycles. The Balaban J connectivity index is 1.94. The summed E-state index contributed by atoms with van der Waals surface area (Å²) in [5.74, 6) is 0. The maximum absolute atomic E-state index is 12.8. The molecule has 2 heterocycles. The maximum atomic E-state index is 12.8. The third-order valence-electron chi connectivity index (χ3n) is 5.89. The SMILES string of the molecule is CC(C)(C)OC(=O)N1Cc2ccc(Cl)nc2CC1COCCCO[Si](C)(C)C(C)(C)C. The quantitative estimate of drug-likeness (QED) is 0.285. The Morgan fingerprint density at radius 2 is 1.87 bits per heavy atom. The van der Waals surface area contributed by atoms with Crippen LogP contribution in [0.3, 0.4) is 0 Å². The molecule has 2 rings (SSSR count). The summed E-state index contributed by atoms with van der Waals surface area (Å²) in [5.41, 5.74) is 1.36. The average Bonchev–Trinajstić information content (AvgIpc) is 2.61. The van der Waals surface area contributed by atoms with Crippen LogP contribution in [0.25, 0.3) is 0 Å². The van der Waals surface area contributed by atoms with E-state index in [1.165, 1.54) is 0 Å². The molecule has 8 heteroatoms. The summed E-state index contributed by atoms with van der Waals surface area (Å²) in [6, 6.07) is 3.54. The highest BCUT2D eigenvalue weighted by Crippen LogP contribution is 2.36. The predicted octanol–water partition coefficient (Wildman–Crippen LogP) is 5.83. The predicted molar refractivity (Wildman–Crippen MR) is 127 cm³/mol. The van der Waals surface area contributed by atoms with Gasteiger partial charge < -0.3 is 13.9 Å². The molecule has 1 amide bonds. The van der Waals surface area contributed by atoms with Gasteiger partial charge in [0.25, 0.3) is 0 Å². The third kappa shape index (κ3) is 7.73. The number of halogens is 1. The molecule has 31 heavy (non-hydrogen) atoms. The first-order valence-electron chi connectivity index (χ1n) is 11.1. The van der Waals surface area contributed by atoms with Crippen molar-refractivity contribution in [2.75, 3.05) is 19.8 Å². The first-order valence-corrected chi connectivity index (χ1v) is 14.3. The van der Waals surface area contributed by atoms with E-state index < -0.39 is 13.9 Å². The fourth-order valence-electron chi connectivity index (χ4n) is 3.08. The van der Waals surface area contributed by atoms with Gasteiger partial charge in [0.1, 0.15) is 10.8 Å². The molecule has 0 spiro atoms. The first-order chi connectivity index (χ1) is 14.2. The van der Waals surface area contributed by atoms with Crippen molar-refractivity contribution in [1.82, 2.24) is 9.88 Å². The molecule has 1 atom stereocenters. The van der Waals surface area contributed by atoms with Gasteiger partial charge >= 0.3 is 6.09 Å². The van der Waals surface area contributed by atoms with Crippen molar-refractivity contribution in [3.63, 3.8) is 0 Å². The Labute approximate surface area is 193 Å². The highest BCUT2D eigenvalue weighted by Gasteiger charge is 2.37. The fourth-order valence-corrected chi connectivity index (χ4v) is 4.33. The summed E-state index contributed by atoms with van der Waals surface area (Å²) >= 11 is 6.08. The average molecular weight is 471 g/mol. The normalized spacial score (nSPS) is 17.5. The van der Waals surface area contributed by atoms with E-state index in [1.54, 1.807) is 11.0 Å². The monoisotopic (exact) mass is 470 g/mol. The molecule has 0 saturated heterocycles. The molecule has 0 aliphatic carbocycles. The molecule has 176 valence electrons. The lowest BCUT2D eigenvalue weighted by Gasteiger charge is -2.37. The Bertz CT molecular complexity index is 759. The molecule has 1 unspecified atom stereocenters. The second-order valence-electron chi connectivity index (χ2n) is 10.7. The largest absolute Gasteiger partial charge is 0.444 e. The van der Waals surface area contributed by atoms with E-state index in [0.717, 1.165) is 17.7 Å². The van der Waals surface area contributed by atoms with E-state index >= 15 is 0 Å². The van der Waals surface area contributed by atoms with E-state index in [-0.39, 0.29) is 17.2 Å². The molecule has 1 aromatic heterocycles. The molecule has 0 bridgehead atoms. The van der Waals surface area contributed by atoms with Crippen molar-refractivity contribution in [3.8, 4) is 0 Å². The van der Waals surface area contributed by atoms with Gasteiger partial charge in [-0.3, -0.25) is 4.90 Å². The molecule has 1 aliphatic rings. The van der Waals surface area contributed by atoms with Crippen LogP contribution < -0.4 is 0 Å². The molecule has 0 fully saturated rings. The number of pyridine rings is 1. The van der Waals surface area contributed by atoms with Crippen LogP contribution in [0, 0.1) is 0 Å². The summed E-state index contributed by atoms with van der Waals surface area (Å²) in [6.07, 6.45) is 1.09. The van der Waals surface area contributed by atoms with Gasteiger partial charge in [-0.2, -0.15) is 0 Å². The minimum Gasteiger partial charge on any atom is -0.444 e. The van der Waals surface area contributed by atoms with Crippen LogP contribution in [0.1, 0.15) is 59.2 Å². The van der Waals surface area contributed by atoms with Gasteiger partial charge in [-0.1, -0.05) is 38.4 Å². The van der Waals surface area contributed by atoms with Crippen molar-refractivity contribution in [3.05, 3.63) is 28.5 Å². The summed E-state index contributed by atoms with van der Waals surface area (Å²) in [6.45, 7) is 19.0. The Morgan fingerprint density at radius 3 is 2.48 bits per heavy atom. The first kappa shape index (κ1) is 26.1. The van der Waals surface area contributed by atoms with E-state index in [4.69, 9.17) is 25.5 Å². The summed E-state index contributed by atoms with van der Waals surface area (Å²) in [5, 5.41) is 0.665. The number of rotatable bonds is 7. The van der Waals surface area contributed by atoms with Crippen LogP contribution in [0.4, 0.5) is 4.79 Å². The summed E-state index contributed by atoms with van der Waals surface area (Å²) < 4.78 is 17.8. The maximum Gasteiger partial charge on any atom is 0.410 e. The lowest BCUT2D eigenvalue weighted by molar-refractivity contribution is -0.00554. The highest BCUT2D eigenvalue weighted by molar-refractivity contribution is 6.74. The summed E-state index contributed by atoms with van der Waals surface area (Å²) in [7, 11) is -1.74. The molecular formula is C23H39ClN2O4Si. The smallest absolute Gasteiger partial charge is 0.410 e. The lowest BCUT2D eigenvalue weighted by atomic mass is 9.99. The molecule has 0 radical (unpaired) electrons.